The van der Waals surface area contributed by atoms with Crippen molar-refractivity contribution in [1.82, 2.24) is 4.98 Å². The lowest BCUT2D eigenvalue weighted by Crippen LogP contribution is -2.26. The summed E-state index contributed by atoms with van der Waals surface area (Å²) < 4.78 is 0. The van der Waals surface area contributed by atoms with E-state index in [-0.39, 0.29) is 20.9 Å². The van der Waals surface area contributed by atoms with Crippen LogP contribution in [0.4, 0.5) is 5.69 Å². The quantitative estimate of drug-likeness (QED) is 0.789. The Morgan fingerprint density at radius 3 is 2.11 bits per heavy atom. The molecule has 0 saturated carbocycles. The van der Waals surface area contributed by atoms with E-state index in [0.29, 0.717) is 18.8 Å². The number of carboxylic acids is 1. The lowest BCUT2D eigenvalue weighted by Gasteiger charge is -2.26. The van der Waals surface area contributed by atoms with Gasteiger partial charge in [-0.3, -0.25) is 0 Å². The normalized spacial score (nSPS) is 10.6. The SMILES string of the molecule is CCCN(CCC)c1c(Cl)c(Cl)nc(C(=O)O)c1Cl. The van der Waals surface area contributed by atoms with Crippen LogP contribution < -0.4 is 4.90 Å². The molecule has 0 aliphatic heterocycles. The zero-order chi connectivity index (χ0) is 14.6. The van der Waals surface area contributed by atoms with E-state index in [1.165, 1.54) is 0 Å². The van der Waals surface area contributed by atoms with E-state index in [1.54, 1.807) is 0 Å². The first-order chi connectivity index (χ1) is 8.93. The molecule has 19 heavy (non-hydrogen) atoms. The molecule has 1 heterocycles. The van der Waals surface area contributed by atoms with Crippen LogP contribution in [0.1, 0.15) is 37.2 Å². The summed E-state index contributed by atoms with van der Waals surface area (Å²) in [5, 5.41) is 9.26. The van der Waals surface area contributed by atoms with Gasteiger partial charge in [-0.2, -0.15) is 0 Å². The van der Waals surface area contributed by atoms with Gasteiger partial charge in [0.25, 0.3) is 0 Å². The number of carbonyl (C=O) groups is 1. The predicted octanol–water partition coefficient (Wildman–Crippen LogP) is 4.37. The number of nitrogens with zero attached hydrogens (tertiary/aromatic N) is 2. The Morgan fingerprint density at radius 2 is 1.68 bits per heavy atom. The van der Waals surface area contributed by atoms with E-state index in [4.69, 9.17) is 39.9 Å². The number of carboxylic acid groups (broad SMARTS) is 1. The second kappa shape index (κ2) is 7.17. The van der Waals surface area contributed by atoms with Gasteiger partial charge in [-0.25, -0.2) is 9.78 Å². The summed E-state index contributed by atoms with van der Waals surface area (Å²) in [4.78, 5) is 16.8. The molecule has 1 aromatic rings. The Hall–Kier alpha value is -0.710. The van der Waals surface area contributed by atoms with Crippen LogP contribution in [0.25, 0.3) is 0 Å². The molecule has 1 rings (SSSR count). The van der Waals surface area contributed by atoms with Crippen molar-refractivity contribution in [2.75, 3.05) is 18.0 Å². The largest absolute Gasteiger partial charge is 0.476 e. The zero-order valence-corrected chi connectivity index (χ0v) is 13.0. The first kappa shape index (κ1) is 16.3. The summed E-state index contributed by atoms with van der Waals surface area (Å²) in [5.41, 5.74) is 0.174. The number of rotatable bonds is 6. The molecule has 0 saturated heterocycles. The fourth-order valence-electron chi connectivity index (χ4n) is 1.80. The maximum Gasteiger partial charge on any atom is 0.356 e. The van der Waals surface area contributed by atoms with Crippen LogP contribution in [0.15, 0.2) is 0 Å². The molecule has 0 amide bonds. The fraction of sp³-hybridized carbons (Fsp3) is 0.500. The molecule has 4 nitrogen and oxygen atoms in total. The van der Waals surface area contributed by atoms with Gasteiger partial charge in [0, 0.05) is 13.1 Å². The Bertz CT molecular complexity index is 475. The van der Waals surface area contributed by atoms with E-state index >= 15 is 0 Å². The molecule has 0 bridgehead atoms. The molecular formula is C12H15Cl3N2O2. The van der Waals surface area contributed by atoms with Crippen molar-refractivity contribution in [1.29, 1.82) is 0 Å². The van der Waals surface area contributed by atoms with Crippen LogP contribution >= 0.6 is 34.8 Å². The van der Waals surface area contributed by atoms with E-state index in [0.717, 1.165) is 12.8 Å². The molecular weight excluding hydrogens is 311 g/mol. The van der Waals surface area contributed by atoms with Gasteiger partial charge in [0.15, 0.2) is 10.8 Å². The predicted molar refractivity (Wildman–Crippen MR) is 79.0 cm³/mol. The van der Waals surface area contributed by atoms with Gasteiger partial charge in [-0.1, -0.05) is 48.7 Å². The monoisotopic (exact) mass is 324 g/mol. The standard InChI is InChI=1S/C12H15Cl3N2O2/c1-3-5-17(6-4-2)10-7(13)9(12(18)19)16-11(15)8(10)14/h3-6H2,1-2H3,(H,18,19). The number of hydrogen-bond donors (Lipinski definition) is 1. The molecule has 106 valence electrons. The summed E-state index contributed by atoms with van der Waals surface area (Å²) >= 11 is 18.1. The van der Waals surface area contributed by atoms with Crippen LogP contribution in [-0.2, 0) is 0 Å². The third-order valence-corrected chi connectivity index (χ3v) is 3.61. The van der Waals surface area contributed by atoms with Crippen LogP contribution in [-0.4, -0.2) is 29.1 Å². The van der Waals surface area contributed by atoms with Crippen molar-refractivity contribution in [3.8, 4) is 0 Å². The Balaban J connectivity index is 3.41. The van der Waals surface area contributed by atoms with Crippen molar-refractivity contribution in [2.45, 2.75) is 26.7 Å². The summed E-state index contributed by atoms with van der Waals surface area (Å²) in [7, 11) is 0. The highest BCUT2D eigenvalue weighted by atomic mass is 35.5. The minimum atomic E-state index is -1.22. The van der Waals surface area contributed by atoms with E-state index in [1.807, 2.05) is 18.7 Å². The average Bonchev–Trinajstić information content (AvgIpc) is 2.34. The fourth-order valence-corrected chi connectivity index (χ4v) is 2.61. The maximum atomic E-state index is 11.1. The number of aromatic carboxylic acids is 1. The first-order valence-corrected chi connectivity index (χ1v) is 7.10. The molecule has 0 aliphatic carbocycles. The minimum Gasteiger partial charge on any atom is -0.476 e. The lowest BCUT2D eigenvalue weighted by molar-refractivity contribution is 0.0691. The smallest absolute Gasteiger partial charge is 0.356 e. The van der Waals surface area contributed by atoms with Crippen LogP contribution in [0, 0.1) is 0 Å². The number of anilines is 1. The van der Waals surface area contributed by atoms with Gasteiger partial charge in [0.1, 0.15) is 5.02 Å². The van der Waals surface area contributed by atoms with Gasteiger partial charge in [0.05, 0.1) is 10.7 Å². The number of pyridine rings is 1. The third kappa shape index (κ3) is 3.65. The molecule has 0 fully saturated rings. The highest BCUT2D eigenvalue weighted by Gasteiger charge is 2.24. The van der Waals surface area contributed by atoms with Crippen molar-refractivity contribution in [2.24, 2.45) is 0 Å². The van der Waals surface area contributed by atoms with Gasteiger partial charge >= 0.3 is 5.97 Å². The van der Waals surface area contributed by atoms with Gasteiger partial charge in [-0.15, -0.1) is 0 Å². The lowest BCUT2D eigenvalue weighted by atomic mass is 10.2. The molecule has 0 spiro atoms. The van der Waals surface area contributed by atoms with Crippen LogP contribution in [0.2, 0.25) is 15.2 Å². The van der Waals surface area contributed by atoms with Crippen LogP contribution in [0.3, 0.4) is 0 Å². The third-order valence-electron chi connectivity index (χ3n) is 2.52. The summed E-state index contributed by atoms with van der Waals surface area (Å²) in [6.07, 6.45) is 1.77. The molecule has 1 N–H and O–H groups in total. The number of hydrogen-bond acceptors (Lipinski definition) is 3. The van der Waals surface area contributed by atoms with Crippen molar-refractivity contribution >= 4 is 46.5 Å². The average molecular weight is 326 g/mol. The highest BCUT2D eigenvalue weighted by molar-refractivity contribution is 6.46. The maximum absolute atomic E-state index is 11.1. The second-order valence-electron chi connectivity index (χ2n) is 4.02. The van der Waals surface area contributed by atoms with Crippen molar-refractivity contribution < 1.29 is 9.90 Å². The van der Waals surface area contributed by atoms with Crippen LogP contribution in [0.5, 0.6) is 0 Å². The summed E-state index contributed by atoms with van der Waals surface area (Å²) in [5.74, 6) is -1.22. The molecule has 0 unspecified atom stereocenters. The van der Waals surface area contributed by atoms with E-state index < -0.39 is 5.97 Å². The molecule has 0 radical (unpaired) electrons. The number of halogens is 3. The molecule has 0 atom stereocenters. The summed E-state index contributed by atoms with van der Waals surface area (Å²) in [6.45, 7) is 5.47. The summed E-state index contributed by atoms with van der Waals surface area (Å²) in [6, 6.07) is 0. The molecule has 0 aromatic carbocycles. The Kier molecular flexibility index (Phi) is 6.17. The molecule has 7 heteroatoms. The Labute approximate surface area is 127 Å². The molecule has 0 aliphatic rings. The van der Waals surface area contributed by atoms with Gasteiger partial charge in [-0.05, 0) is 12.8 Å². The minimum absolute atomic E-state index is 0.0313. The van der Waals surface area contributed by atoms with Crippen molar-refractivity contribution in [3.05, 3.63) is 20.9 Å². The van der Waals surface area contributed by atoms with Gasteiger partial charge in [0.2, 0.25) is 0 Å². The topological polar surface area (TPSA) is 53.4 Å². The first-order valence-electron chi connectivity index (χ1n) is 5.96. The van der Waals surface area contributed by atoms with E-state index in [9.17, 15) is 4.79 Å². The number of aromatic nitrogens is 1. The zero-order valence-electron chi connectivity index (χ0n) is 10.7. The molecule has 1 aromatic heterocycles. The highest BCUT2D eigenvalue weighted by Crippen LogP contribution is 2.39. The van der Waals surface area contributed by atoms with Gasteiger partial charge < -0.3 is 10.0 Å². The Morgan fingerprint density at radius 1 is 1.16 bits per heavy atom. The van der Waals surface area contributed by atoms with Crippen molar-refractivity contribution in [3.63, 3.8) is 0 Å². The second-order valence-corrected chi connectivity index (χ2v) is 5.13. The van der Waals surface area contributed by atoms with E-state index in [2.05, 4.69) is 4.98 Å².